The summed E-state index contributed by atoms with van der Waals surface area (Å²) in [5.41, 5.74) is 1.09. The summed E-state index contributed by atoms with van der Waals surface area (Å²) in [5.74, 6) is -0.157. The van der Waals surface area contributed by atoms with Crippen molar-refractivity contribution >= 4 is 11.6 Å². The standard InChI is InChI=1S/C13H14F2N2O3/c14-13(15)20-11-3-1-9(2-4-11)12(18)17-7-5-10(16-19)6-8-17/h1-4,13,19H,5-8H2. The predicted molar refractivity (Wildman–Crippen MR) is 67.4 cm³/mol. The fourth-order valence-corrected chi connectivity index (χ4v) is 2.03. The summed E-state index contributed by atoms with van der Waals surface area (Å²) in [4.78, 5) is 13.8. The van der Waals surface area contributed by atoms with Crippen LogP contribution in [0.1, 0.15) is 23.2 Å². The first-order valence-corrected chi connectivity index (χ1v) is 6.14. The summed E-state index contributed by atoms with van der Waals surface area (Å²) in [5, 5.41) is 11.8. The van der Waals surface area contributed by atoms with Gasteiger partial charge in [-0.25, -0.2) is 0 Å². The minimum Gasteiger partial charge on any atom is -0.435 e. The number of rotatable bonds is 3. The van der Waals surface area contributed by atoms with E-state index in [0.29, 0.717) is 37.2 Å². The van der Waals surface area contributed by atoms with E-state index >= 15 is 0 Å². The second kappa shape index (κ2) is 6.31. The monoisotopic (exact) mass is 284 g/mol. The van der Waals surface area contributed by atoms with E-state index in [0.717, 1.165) is 0 Å². The molecule has 1 aliphatic rings. The minimum absolute atomic E-state index is 0.0184. The topological polar surface area (TPSA) is 62.1 Å². The van der Waals surface area contributed by atoms with Crippen molar-refractivity contribution in [2.24, 2.45) is 5.16 Å². The maximum Gasteiger partial charge on any atom is 0.387 e. The van der Waals surface area contributed by atoms with Gasteiger partial charge in [-0.05, 0) is 24.3 Å². The van der Waals surface area contributed by atoms with E-state index in [2.05, 4.69) is 9.89 Å². The Morgan fingerprint density at radius 3 is 2.35 bits per heavy atom. The zero-order valence-electron chi connectivity index (χ0n) is 10.6. The summed E-state index contributed by atoms with van der Waals surface area (Å²) in [6.45, 7) is -1.92. The molecule has 1 heterocycles. The molecule has 2 rings (SSSR count). The van der Waals surface area contributed by atoms with E-state index in [1.165, 1.54) is 24.3 Å². The Kier molecular flexibility index (Phi) is 4.49. The highest BCUT2D eigenvalue weighted by molar-refractivity contribution is 5.96. The molecule has 1 aliphatic heterocycles. The molecule has 0 aromatic heterocycles. The molecule has 0 spiro atoms. The van der Waals surface area contributed by atoms with Crippen molar-refractivity contribution in [2.75, 3.05) is 13.1 Å². The first kappa shape index (κ1) is 14.2. The SMILES string of the molecule is O=C(c1ccc(OC(F)F)cc1)N1CCC(=NO)CC1. The van der Waals surface area contributed by atoms with Crippen molar-refractivity contribution in [2.45, 2.75) is 19.5 Å². The zero-order chi connectivity index (χ0) is 14.5. The first-order valence-electron chi connectivity index (χ1n) is 6.14. The van der Waals surface area contributed by atoms with Gasteiger partial charge in [-0.3, -0.25) is 4.79 Å². The van der Waals surface area contributed by atoms with Gasteiger partial charge in [0, 0.05) is 31.5 Å². The van der Waals surface area contributed by atoms with Gasteiger partial charge >= 0.3 is 6.61 Å². The number of hydrogen-bond donors (Lipinski definition) is 1. The third kappa shape index (κ3) is 3.43. The molecule has 1 aromatic rings. The number of hydrogen-bond acceptors (Lipinski definition) is 4. The lowest BCUT2D eigenvalue weighted by atomic mass is 10.1. The number of carbonyl (C=O) groups excluding carboxylic acids is 1. The molecule has 0 aliphatic carbocycles. The van der Waals surface area contributed by atoms with E-state index < -0.39 is 6.61 Å². The fraction of sp³-hybridized carbons (Fsp3) is 0.385. The van der Waals surface area contributed by atoms with Gasteiger partial charge in [-0.1, -0.05) is 5.16 Å². The molecular formula is C13H14F2N2O3. The number of nitrogens with zero attached hydrogens (tertiary/aromatic N) is 2. The molecular weight excluding hydrogens is 270 g/mol. The number of oxime groups is 1. The lowest BCUT2D eigenvalue weighted by Crippen LogP contribution is -2.38. The molecule has 0 saturated carbocycles. The summed E-state index contributed by atoms with van der Waals surface area (Å²) >= 11 is 0. The maximum atomic E-state index is 12.2. The number of alkyl halides is 2. The van der Waals surface area contributed by atoms with Crippen LogP contribution in [-0.4, -0.2) is 41.4 Å². The van der Waals surface area contributed by atoms with Crippen molar-refractivity contribution in [1.82, 2.24) is 4.90 Å². The van der Waals surface area contributed by atoms with Crippen LogP contribution in [0.2, 0.25) is 0 Å². The Labute approximate surface area is 114 Å². The van der Waals surface area contributed by atoms with Crippen molar-refractivity contribution in [3.05, 3.63) is 29.8 Å². The second-order valence-corrected chi connectivity index (χ2v) is 4.36. The van der Waals surface area contributed by atoms with Gasteiger partial charge in [0.05, 0.1) is 5.71 Å². The van der Waals surface area contributed by atoms with Gasteiger partial charge in [0.25, 0.3) is 5.91 Å². The minimum atomic E-state index is -2.88. The number of likely N-dealkylation sites (tertiary alicyclic amines) is 1. The van der Waals surface area contributed by atoms with Crippen LogP contribution in [-0.2, 0) is 0 Å². The fourth-order valence-electron chi connectivity index (χ4n) is 2.03. The average molecular weight is 284 g/mol. The smallest absolute Gasteiger partial charge is 0.387 e. The van der Waals surface area contributed by atoms with Gasteiger partial charge in [0.15, 0.2) is 0 Å². The van der Waals surface area contributed by atoms with E-state index in [9.17, 15) is 13.6 Å². The highest BCUT2D eigenvalue weighted by Gasteiger charge is 2.21. The van der Waals surface area contributed by atoms with E-state index in [1.54, 1.807) is 4.90 Å². The molecule has 5 nitrogen and oxygen atoms in total. The summed E-state index contributed by atoms with van der Waals surface area (Å²) in [6, 6.07) is 5.58. The van der Waals surface area contributed by atoms with Crippen molar-refractivity contribution in [3.63, 3.8) is 0 Å². The largest absolute Gasteiger partial charge is 0.435 e. The number of ether oxygens (including phenoxy) is 1. The highest BCUT2D eigenvalue weighted by Crippen LogP contribution is 2.17. The van der Waals surface area contributed by atoms with Crippen LogP contribution in [0.15, 0.2) is 29.4 Å². The molecule has 20 heavy (non-hydrogen) atoms. The van der Waals surface area contributed by atoms with Gasteiger partial charge in [-0.2, -0.15) is 8.78 Å². The Balaban J connectivity index is 1.99. The summed E-state index contributed by atoms with van der Waals surface area (Å²) in [7, 11) is 0. The lowest BCUT2D eigenvalue weighted by molar-refractivity contribution is -0.0498. The van der Waals surface area contributed by atoms with Crippen LogP contribution in [0.25, 0.3) is 0 Å². The number of carbonyl (C=O) groups is 1. The molecule has 1 amide bonds. The predicted octanol–water partition coefficient (Wildman–Crippen LogP) is 2.35. The normalized spacial score (nSPS) is 15.3. The number of piperidine rings is 1. The highest BCUT2D eigenvalue weighted by atomic mass is 19.3. The van der Waals surface area contributed by atoms with E-state index in [-0.39, 0.29) is 11.7 Å². The summed E-state index contributed by atoms with van der Waals surface area (Å²) < 4.78 is 28.2. The van der Waals surface area contributed by atoms with E-state index in [1.807, 2.05) is 0 Å². The first-order chi connectivity index (χ1) is 9.60. The van der Waals surface area contributed by atoms with Crippen LogP contribution in [0, 0.1) is 0 Å². The molecule has 0 radical (unpaired) electrons. The van der Waals surface area contributed by atoms with Crippen molar-refractivity contribution in [1.29, 1.82) is 0 Å². The van der Waals surface area contributed by atoms with Gasteiger partial charge in [-0.15, -0.1) is 0 Å². The molecule has 1 saturated heterocycles. The number of amides is 1. The average Bonchev–Trinajstić information content (AvgIpc) is 2.47. The second-order valence-electron chi connectivity index (χ2n) is 4.36. The zero-order valence-corrected chi connectivity index (χ0v) is 10.6. The van der Waals surface area contributed by atoms with Gasteiger partial charge in [0.2, 0.25) is 0 Å². The van der Waals surface area contributed by atoms with Crippen molar-refractivity contribution in [3.8, 4) is 5.75 Å². The summed E-state index contributed by atoms with van der Waals surface area (Å²) in [6.07, 6.45) is 1.07. The maximum absolute atomic E-state index is 12.2. The molecule has 1 N–H and O–H groups in total. The van der Waals surface area contributed by atoms with Crippen LogP contribution in [0.4, 0.5) is 8.78 Å². The molecule has 7 heteroatoms. The third-order valence-electron chi connectivity index (χ3n) is 3.10. The molecule has 1 fully saturated rings. The molecule has 0 bridgehead atoms. The van der Waals surface area contributed by atoms with Crippen LogP contribution in [0.5, 0.6) is 5.75 Å². The molecule has 0 unspecified atom stereocenters. The van der Waals surface area contributed by atoms with E-state index in [4.69, 9.17) is 5.21 Å². The number of halogens is 2. The lowest BCUT2D eigenvalue weighted by Gasteiger charge is -2.27. The third-order valence-corrected chi connectivity index (χ3v) is 3.10. The van der Waals surface area contributed by atoms with Gasteiger partial charge < -0.3 is 14.8 Å². The Hall–Kier alpha value is -2.18. The Morgan fingerprint density at radius 2 is 1.85 bits per heavy atom. The number of benzene rings is 1. The van der Waals surface area contributed by atoms with Gasteiger partial charge in [0.1, 0.15) is 5.75 Å². The Morgan fingerprint density at radius 1 is 1.25 bits per heavy atom. The van der Waals surface area contributed by atoms with Crippen LogP contribution >= 0.6 is 0 Å². The Bertz CT molecular complexity index is 493. The van der Waals surface area contributed by atoms with Crippen molar-refractivity contribution < 1.29 is 23.5 Å². The molecule has 0 atom stereocenters. The quantitative estimate of drug-likeness (QED) is 0.684. The molecule has 108 valence electrons. The molecule has 1 aromatic carbocycles. The van der Waals surface area contributed by atoms with Crippen LogP contribution in [0.3, 0.4) is 0 Å². The van der Waals surface area contributed by atoms with Crippen LogP contribution < -0.4 is 4.74 Å².